The zero-order valence-electron chi connectivity index (χ0n) is 11.2. The molecule has 2 aliphatic rings. The van der Waals surface area contributed by atoms with Gasteiger partial charge >= 0.3 is 0 Å². The van der Waals surface area contributed by atoms with Gasteiger partial charge in [0.2, 0.25) is 0 Å². The van der Waals surface area contributed by atoms with Gasteiger partial charge < -0.3 is 10.6 Å². The van der Waals surface area contributed by atoms with Gasteiger partial charge in [0.1, 0.15) is 0 Å². The van der Waals surface area contributed by atoms with Crippen LogP contribution in [0.1, 0.15) is 29.6 Å². The Balaban J connectivity index is 1.77. The molecule has 3 atom stereocenters. The SMILES string of the molecule is NC1CC[C@@H]2CN(C(=O)c3cc(Cl)ccc3Br)C[C@@H]2C1. The highest BCUT2D eigenvalue weighted by atomic mass is 79.9. The molecule has 1 heterocycles. The lowest BCUT2D eigenvalue weighted by Gasteiger charge is -2.27. The van der Waals surface area contributed by atoms with E-state index in [0.717, 1.165) is 36.8 Å². The van der Waals surface area contributed by atoms with Crippen molar-refractivity contribution in [3.63, 3.8) is 0 Å². The van der Waals surface area contributed by atoms with E-state index in [4.69, 9.17) is 17.3 Å². The average Bonchev–Trinajstić information content (AvgIpc) is 2.83. The molecule has 0 aromatic heterocycles. The molecule has 108 valence electrons. The average molecular weight is 358 g/mol. The third-order valence-electron chi connectivity index (χ3n) is 4.54. The molecule has 5 heteroatoms. The number of nitrogens with two attached hydrogens (primary N) is 1. The minimum Gasteiger partial charge on any atom is -0.338 e. The van der Waals surface area contributed by atoms with E-state index in [1.165, 1.54) is 0 Å². The van der Waals surface area contributed by atoms with Crippen molar-refractivity contribution in [1.82, 2.24) is 4.90 Å². The van der Waals surface area contributed by atoms with Crippen LogP contribution >= 0.6 is 27.5 Å². The number of likely N-dealkylation sites (tertiary alicyclic amines) is 1. The fraction of sp³-hybridized carbons (Fsp3) is 0.533. The molecular formula is C15H18BrClN2O. The van der Waals surface area contributed by atoms with E-state index in [0.29, 0.717) is 28.5 Å². The maximum atomic E-state index is 12.7. The van der Waals surface area contributed by atoms with Crippen molar-refractivity contribution in [3.05, 3.63) is 33.3 Å². The molecule has 1 aliphatic carbocycles. The zero-order chi connectivity index (χ0) is 14.3. The van der Waals surface area contributed by atoms with E-state index in [-0.39, 0.29) is 5.91 Å². The molecule has 2 N–H and O–H groups in total. The molecule has 20 heavy (non-hydrogen) atoms. The number of halogens is 2. The minimum atomic E-state index is 0.0716. The van der Waals surface area contributed by atoms with Crippen LogP contribution in [0.4, 0.5) is 0 Å². The van der Waals surface area contributed by atoms with Crippen molar-refractivity contribution in [1.29, 1.82) is 0 Å². The number of carbonyl (C=O) groups excluding carboxylic acids is 1. The smallest absolute Gasteiger partial charge is 0.255 e. The Morgan fingerprint density at radius 2 is 2.05 bits per heavy atom. The van der Waals surface area contributed by atoms with Crippen LogP contribution in [0.3, 0.4) is 0 Å². The highest BCUT2D eigenvalue weighted by Crippen LogP contribution is 2.36. The molecule has 1 aromatic rings. The first-order valence-electron chi connectivity index (χ1n) is 7.04. The van der Waals surface area contributed by atoms with Crippen LogP contribution in [-0.2, 0) is 0 Å². The molecule has 1 amide bonds. The summed E-state index contributed by atoms with van der Waals surface area (Å²) in [5, 5.41) is 0.593. The predicted molar refractivity (Wildman–Crippen MR) is 83.9 cm³/mol. The number of benzene rings is 1. The molecule has 0 bridgehead atoms. The fourth-order valence-electron chi connectivity index (χ4n) is 3.47. The van der Waals surface area contributed by atoms with E-state index in [1.54, 1.807) is 12.1 Å². The second kappa shape index (κ2) is 5.66. The van der Waals surface area contributed by atoms with Crippen molar-refractivity contribution < 1.29 is 4.79 Å². The van der Waals surface area contributed by atoms with E-state index in [1.807, 2.05) is 11.0 Å². The minimum absolute atomic E-state index is 0.0716. The maximum Gasteiger partial charge on any atom is 0.255 e. The first-order chi connectivity index (χ1) is 9.54. The predicted octanol–water partition coefficient (Wildman–Crippen LogP) is 3.30. The number of amides is 1. The van der Waals surface area contributed by atoms with E-state index < -0.39 is 0 Å². The molecular weight excluding hydrogens is 340 g/mol. The van der Waals surface area contributed by atoms with Crippen LogP contribution in [0, 0.1) is 11.8 Å². The summed E-state index contributed by atoms with van der Waals surface area (Å²) in [7, 11) is 0. The molecule has 3 rings (SSSR count). The van der Waals surface area contributed by atoms with Crippen molar-refractivity contribution >= 4 is 33.4 Å². The van der Waals surface area contributed by atoms with Crippen LogP contribution in [0.2, 0.25) is 5.02 Å². The van der Waals surface area contributed by atoms with E-state index in [2.05, 4.69) is 15.9 Å². The number of fused-ring (bicyclic) bond motifs is 1. The Labute approximate surface area is 132 Å². The monoisotopic (exact) mass is 356 g/mol. The number of rotatable bonds is 1. The second-order valence-electron chi connectivity index (χ2n) is 5.93. The molecule has 2 fully saturated rings. The molecule has 1 unspecified atom stereocenters. The van der Waals surface area contributed by atoms with Gasteiger partial charge in [-0.2, -0.15) is 0 Å². The highest BCUT2D eigenvalue weighted by molar-refractivity contribution is 9.10. The standard InChI is InChI=1S/C15H18BrClN2O/c16-14-4-2-11(17)6-13(14)15(20)19-7-9-1-3-12(18)5-10(9)8-19/h2,4,6,9-10,12H,1,3,5,7-8,18H2/t9-,10+,12?/m1/s1. The zero-order valence-corrected chi connectivity index (χ0v) is 13.5. The molecule has 1 saturated heterocycles. The second-order valence-corrected chi connectivity index (χ2v) is 7.22. The maximum absolute atomic E-state index is 12.7. The molecule has 1 aromatic carbocycles. The summed E-state index contributed by atoms with van der Waals surface area (Å²) in [5.41, 5.74) is 6.69. The summed E-state index contributed by atoms with van der Waals surface area (Å²) in [6.07, 6.45) is 3.28. The van der Waals surface area contributed by atoms with Crippen LogP contribution < -0.4 is 5.73 Å². The number of hydrogen-bond acceptors (Lipinski definition) is 2. The van der Waals surface area contributed by atoms with Crippen LogP contribution in [0.25, 0.3) is 0 Å². The Kier molecular flexibility index (Phi) is 4.07. The van der Waals surface area contributed by atoms with Crippen molar-refractivity contribution in [2.45, 2.75) is 25.3 Å². The number of carbonyl (C=O) groups is 1. The Morgan fingerprint density at radius 1 is 1.30 bits per heavy atom. The summed E-state index contributed by atoms with van der Waals surface area (Å²) < 4.78 is 0.804. The quantitative estimate of drug-likeness (QED) is 0.838. The fourth-order valence-corrected chi connectivity index (χ4v) is 4.05. The largest absolute Gasteiger partial charge is 0.338 e. The Hall–Kier alpha value is -0.580. The lowest BCUT2D eigenvalue weighted by Crippen LogP contribution is -2.32. The third kappa shape index (κ3) is 2.74. The van der Waals surface area contributed by atoms with Crippen molar-refractivity contribution in [2.75, 3.05) is 13.1 Å². The van der Waals surface area contributed by atoms with E-state index in [9.17, 15) is 4.79 Å². The van der Waals surface area contributed by atoms with Gasteiger partial charge in [-0.1, -0.05) is 11.6 Å². The summed E-state index contributed by atoms with van der Waals surface area (Å²) in [4.78, 5) is 14.6. The van der Waals surface area contributed by atoms with Gasteiger partial charge in [0, 0.05) is 28.6 Å². The summed E-state index contributed by atoms with van der Waals surface area (Å²) >= 11 is 9.44. The molecule has 3 nitrogen and oxygen atoms in total. The van der Waals surface area contributed by atoms with Gasteiger partial charge in [-0.05, 0) is 65.2 Å². The lowest BCUT2D eigenvalue weighted by atomic mass is 9.79. The molecule has 1 saturated carbocycles. The Bertz CT molecular complexity index is 537. The van der Waals surface area contributed by atoms with Crippen LogP contribution in [-0.4, -0.2) is 29.9 Å². The topological polar surface area (TPSA) is 46.3 Å². The highest BCUT2D eigenvalue weighted by Gasteiger charge is 2.39. The first kappa shape index (κ1) is 14.4. The van der Waals surface area contributed by atoms with Crippen LogP contribution in [0.5, 0.6) is 0 Å². The van der Waals surface area contributed by atoms with Gasteiger partial charge in [0.05, 0.1) is 5.56 Å². The summed E-state index contributed by atoms with van der Waals surface area (Å²) in [6.45, 7) is 1.69. The van der Waals surface area contributed by atoms with Crippen LogP contribution in [0.15, 0.2) is 22.7 Å². The van der Waals surface area contributed by atoms with Gasteiger partial charge in [-0.25, -0.2) is 0 Å². The normalized spacial score (nSPS) is 29.4. The molecule has 1 aliphatic heterocycles. The number of hydrogen-bond donors (Lipinski definition) is 1. The molecule has 0 radical (unpaired) electrons. The van der Waals surface area contributed by atoms with Gasteiger partial charge in [0.15, 0.2) is 0 Å². The Morgan fingerprint density at radius 3 is 2.85 bits per heavy atom. The first-order valence-corrected chi connectivity index (χ1v) is 8.21. The van der Waals surface area contributed by atoms with Gasteiger partial charge in [0.25, 0.3) is 5.91 Å². The summed E-state index contributed by atoms with van der Waals surface area (Å²) in [5.74, 6) is 1.26. The number of nitrogens with zero attached hydrogens (tertiary/aromatic N) is 1. The van der Waals surface area contributed by atoms with Crippen molar-refractivity contribution in [3.8, 4) is 0 Å². The van der Waals surface area contributed by atoms with Crippen molar-refractivity contribution in [2.24, 2.45) is 17.6 Å². The lowest BCUT2D eigenvalue weighted by molar-refractivity contribution is 0.0783. The van der Waals surface area contributed by atoms with E-state index >= 15 is 0 Å². The third-order valence-corrected chi connectivity index (χ3v) is 5.46. The van der Waals surface area contributed by atoms with Gasteiger partial charge in [-0.3, -0.25) is 4.79 Å². The summed E-state index contributed by atoms with van der Waals surface area (Å²) in [6, 6.07) is 5.66. The molecule has 0 spiro atoms. The van der Waals surface area contributed by atoms with Gasteiger partial charge in [-0.15, -0.1) is 0 Å².